The Balaban J connectivity index is 2.14. The van der Waals surface area contributed by atoms with E-state index in [1.807, 2.05) is 30.3 Å². The molecule has 0 aliphatic rings. The average Bonchev–Trinajstić information content (AvgIpc) is 2.99. The lowest BCUT2D eigenvalue weighted by Crippen LogP contribution is -2.36. The van der Waals surface area contributed by atoms with Crippen LogP contribution in [-0.4, -0.2) is 33.3 Å². The van der Waals surface area contributed by atoms with Crippen LogP contribution >= 0.6 is 0 Å². The molecule has 0 spiro atoms. The van der Waals surface area contributed by atoms with Crippen molar-refractivity contribution in [3.05, 3.63) is 30.3 Å². The second kappa shape index (κ2) is 6.47. The van der Waals surface area contributed by atoms with Crippen LogP contribution in [0.25, 0.3) is 5.69 Å². The van der Waals surface area contributed by atoms with Crippen LogP contribution in [0.1, 0.15) is 26.7 Å². The number of nitrogens with one attached hydrogen (secondary N) is 1. The van der Waals surface area contributed by atoms with Crippen molar-refractivity contribution in [2.24, 2.45) is 11.1 Å². The molecule has 6 nitrogen and oxygen atoms in total. The summed E-state index contributed by atoms with van der Waals surface area (Å²) >= 11 is 0. The van der Waals surface area contributed by atoms with Crippen molar-refractivity contribution in [1.29, 1.82) is 0 Å². The molecule has 0 fully saturated rings. The van der Waals surface area contributed by atoms with Gasteiger partial charge in [0.05, 0.1) is 5.69 Å². The van der Waals surface area contributed by atoms with Crippen molar-refractivity contribution >= 4 is 5.95 Å². The second-order valence-corrected chi connectivity index (χ2v) is 5.01. The molecule has 0 saturated carbocycles. The maximum absolute atomic E-state index is 5.92. The van der Waals surface area contributed by atoms with Crippen LogP contribution in [0.3, 0.4) is 0 Å². The molecule has 2 rings (SSSR count). The normalized spacial score (nSPS) is 11.6. The standard InChI is InChI=1S/C14H22N6/c1-3-14(4-2,10-15)11-16-13-17-18-19-20(13)12-8-6-5-7-9-12/h5-9H,3-4,10-11,15H2,1-2H3,(H,16,17,19). The number of hydrogen-bond donors (Lipinski definition) is 2. The summed E-state index contributed by atoms with van der Waals surface area (Å²) in [6.45, 7) is 5.75. The predicted octanol–water partition coefficient (Wildman–Crippen LogP) is 1.84. The molecule has 0 aliphatic carbocycles. The third-order valence-electron chi connectivity index (χ3n) is 4.02. The molecule has 3 N–H and O–H groups in total. The summed E-state index contributed by atoms with van der Waals surface area (Å²) in [5, 5.41) is 15.2. The van der Waals surface area contributed by atoms with E-state index in [0.717, 1.165) is 25.1 Å². The lowest BCUT2D eigenvalue weighted by molar-refractivity contribution is 0.294. The third kappa shape index (κ3) is 2.96. The molecule has 0 bridgehead atoms. The minimum atomic E-state index is 0.0907. The number of benzene rings is 1. The minimum Gasteiger partial charge on any atom is -0.352 e. The van der Waals surface area contributed by atoms with Gasteiger partial charge >= 0.3 is 0 Å². The Morgan fingerprint density at radius 1 is 1.20 bits per heavy atom. The predicted molar refractivity (Wildman–Crippen MR) is 79.7 cm³/mol. The van der Waals surface area contributed by atoms with E-state index in [1.165, 1.54) is 0 Å². The van der Waals surface area contributed by atoms with Gasteiger partial charge in [0.25, 0.3) is 0 Å². The Hall–Kier alpha value is -1.95. The van der Waals surface area contributed by atoms with Gasteiger partial charge in [-0.25, -0.2) is 0 Å². The summed E-state index contributed by atoms with van der Waals surface area (Å²) < 4.78 is 1.70. The highest BCUT2D eigenvalue weighted by molar-refractivity contribution is 5.38. The molecular weight excluding hydrogens is 252 g/mol. The lowest BCUT2D eigenvalue weighted by atomic mass is 9.82. The number of aromatic nitrogens is 4. The van der Waals surface area contributed by atoms with Gasteiger partial charge in [-0.2, -0.15) is 4.68 Å². The first-order valence-electron chi connectivity index (χ1n) is 7.02. The molecule has 0 radical (unpaired) electrons. The van der Waals surface area contributed by atoms with Crippen molar-refractivity contribution in [2.45, 2.75) is 26.7 Å². The number of para-hydroxylation sites is 1. The highest BCUT2D eigenvalue weighted by atomic mass is 15.6. The second-order valence-electron chi connectivity index (χ2n) is 5.01. The Morgan fingerprint density at radius 2 is 1.90 bits per heavy atom. The molecular formula is C14H22N6. The number of rotatable bonds is 7. The van der Waals surface area contributed by atoms with Crippen molar-refractivity contribution in [3.8, 4) is 5.69 Å². The number of nitrogens with zero attached hydrogens (tertiary/aromatic N) is 4. The third-order valence-corrected chi connectivity index (χ3v) is 4.02. The molecule has 0 unspecified atom stereocenters. The summed E-state index contributed by atoms with van der Waals surface area (Å²) in [4.78, 5) is 0. The topological polar surface area (TPSA) is 81.7 Å². The van der Waals surface area contributed by atoms with Crippen LogP contribution in [0.15, 0.2) is 30.3 Å². The maximum atomic E-state index is 5.92. The Bertz CT molecular complexity index is 509. The molecule has 2 aromatic rings. The van der Waals surface area contributed by atoms with E-state index in [9.17, 15) is 0 Å². The lowest BCUT2D eigenvalue weighted by Gasteiger charge is -2.30. The molecule has 0 amide bonds. The summed E-state index contributed by atoms with van der Waals surface area (Å²) in [6.07, 6.45) is 2.06. The Kier molecular flexibility index (Phi) is 4.68. The average molecular weight is 274 g/mol. The van der Waals surface area contributed by atoms with Crippen LogP contribution in [0.4, 0.5) is 5.95 Å². The van der Waals surface area contributed by atoms with Crippen molar-refractivity contribution in [3.63, 3.8) is 0 Å². The fraction of sp³-hybridized carbons (Fsp3) is 0.500. The first-order valence-corrected chi connectivity index (χ1v) is 7.02. The summed E-state index contributed by atoms with van der Waals surface area (Å²) in [5.41, 5.74) is 6.95. The van der Waals surface area contributed by atoms with Gasteiger partial charge in [0.15, 0.2) is 0 Å². The zero-order valence-electron chi connectivity index (χ0n) is 12.1. The minimum absolute atomic E-state index is 0.0907. The van der Waals surface area contributed by atoms with E-state index in [4.69, 9.17) is 5.73 Å². The van der Waals surface area contributed by atoms with Crippen LogP contribution < -0.4 is 11.1 Å². The summed E-state index contributed by atoms with van der Waals surface area (Å²) in [5.74, 6) is 0.649. The van der Waals surface area contributed by atoms with Crippen LogP contribution in [0.5, 0.6) is 0 Å². The van der Waals surface area contributed by atoms with Gasteiger partial charge in [0.1, 0.15) is 0 Å². The van der Waals surface area contributed by atoms with E-state index < -0.39 is 0 Å². The van der Waals surface area contributed by atoms with Gasteiger partial charge in [0.2, 0.25) is 5.95 Å². The number of nitrogens with two attached hydrogens (primary N) is 1. The molecule has 0 atom stereocenters. The van der Waals surface area contributed by atoms with Crippen LogP contribution in [0.2, 0.25) is 0 Å². The van der Waals surface area contributed by atoms with E-state index in [1.54, 1.807) is 4.68 Å². The zero-order chi connectivity index (χ0) is 14.4. The smallest absolute Gasteiger partial charge is 0.247 e. The quantitative estimate of drug-likeness (QED) is 0.805. The SMILES string of the molecule is CCC(CC)(CN)CNc1nnnn1-c1ccccc1. The fourth-order valence-electron chi connectivity index (χ4n) is 2.17. The van der Waals surface area contributed by atoms with E-state index >= 15 is 0 Å². The van der Waals surface area contributed by atoms with Gasteiger partial charge in [-0.1, -0.05) is 37.1 Å². The monoisotopic (exact) mass is 274 g/mol. The summed E-state index contributed by atoms with van der Waals surface area (Å²) in [7, 11) is 0. The molecule has 0 saturated heterocycles. The molecule has 1 aromatic heterocycles. The van der Waals surface area contributed by atoms with Gasteiger partial charge in [-0.3, -0.25) is 0 Å². The van der Waals surface area contributed by atoms with Gasteiger partial charge in [-0.15, -0.1) is 0 Å². The number of anilines is 1. The van der Waals surface area contributed by atoms with Crippen LogP contribution in [0, 0.1) is 5.41 Å². The number of hydrogen-bond acceptors (Lipinski definition) is 5. The largest absolute Gasteiger partial charge is 0.352 e. The Labute approximate surface area is 119 Å². The molecule has 6 heteroatoms. The Morgan fingerprint density at radius 3 is 2.50 bits per heavy atom. The maximum Gasteiger partial charge on any atom is 0.247 e. The first kappa shape index (κ1) is 14.5. The highest BCUT2D eigenvalue weighted by Crippen LogP contribution is 2.25. The van der Waals surface area contributed by atoms with Crippen LogP contribution in [-0.2, 0) is 0 Å². The van der Waals surface area contributed by atoms with Crippen molar-refractivity contribution in [2.75, 3.05) is 18.4 Å². The van der Waals surface area contributed by atoms with E-state index in [0.29, 0.717) is 12.5 Å². The molecule has 20 heavy (non-hydrogen) atoms. The molecule has 0 aliphatic heterocycles. The molecule has 1 heterocycles. The van der Waals surface area contributed by atoms with Crippen molar-refractivity contribution < 1.29 is 0 Å². The van der Waals surface area contributed by atoms with E-state index in [-0.39, 0.29) is 5.41 Å². The van der Waals surface area contributed by atoms with Gasteiger partial charge in [0, 0.05) is 6.54 Å². The fourth-order valence-corrected chi connectivity index (χ4v) is 2.17. The summed E-state index contributed by atoms with van der Waals surface area (Å²) in [6, 6.07) is 9.83. The molecule has 1 aromatic carbocycles. The van der Waals surface area contributed by atoms with Gasteiger partial charge < -0.3 is 11.1 Å². The van der Waals surface area contributed by atoms with Gasteiger partial charge in [-0.05, 0) is 47.4 Å². The van der Waals surface area contributed by atoms with Crippen molar-refractivity contribution in [1.82, 2.24) is 20.2 Å². The first-order chi connectivity index (χ1) is 9.74. The number of tetrazole rings is 1. The highest BCUT2D eigenvalue weighted by Gasteiger charge is 2.25. The van der Waals surface area contributed by atoms with E-state index in [2.05, 4.69) is 34.7 Å². The molecule has 108 valence electrons. The zero-order valence-corrected chi connectivity index (χ0v) is 12.1.